The van der Waals surface area contributed by atoms with Crippen LogP contribution in [-0.4, -0.2) is 62.3 Å². The van der Waals surface area contributed by atoms with Crippen molar-refractivity contribution in [1.29, 1.82) is 0 Å². The summed E-state index contributed by atoms with van der Waals surface area (Å²) in [5, 5.41) is 25.1. The highest BCUT2D eigenvalue weighted by molar-refractivity contribution is 8.09. The van der Waals surface area contributed by atoms with Gasteiger partial charge in [-0.15, -0.1) is 5.92 Å². The number of hydrogen-bond acceptors (Lipinski definition) is 10. The minimum Gasteiger partial charge on any atom is -0.462 e. The number of rotatable bonds is 10. The molecule has 1 aliphatic heterocycles. The van der Waals surface area contributed by atoms with Crippen LogP contribution in [0.25, 0.3) is 0 Å². The number of esters is 1. The van der Waals surface area contributed by atoms with E-state index in [0.717, 1.165) is 16.8 Å². The molecule has 1 fully saturated rings. The topological polar surface area (TPSA) is 161 Å². The second kappa shape index (κ2) is 12.4. The van der Waals surface area contributed by atoms with Gasteiger partial charge in [-0.3, -0.25) is 19.1 Å². The molecule has 0 saturated carbocycles. The number of carbonyl (C=O) groups excluding carboxylic acids is 1. The van der Waals surface area contributed by atoms with E-state index in [0.29, 0.717) is 5.75 Å². The Bertz CT molecular complexity index is 1350. The Kier molecular flexibility index (Phi) is 9.67. The Hall–Kier alpha value is -2.82. The molecule has 0 bridgehead atoms. The zero-order chi connectivity index (χ0) is 28.1. The van der Waals surface area contributed by atoms with Crippen LogP contribution in [0.1, 0.15) is 33.9 Å². The number of ether oxygens (including phenoxy) is 2. The fourth-order valence-electron chi connectivity index (χ4n) is 3.64. The highest BCUT2D eigenvalue weighted by Crippen LogP contribution is 2.47. The standard InChI is InChI=1S/C24H30N3O9PS/c1-5-12-24(32)20(29)18(35-22(24)27-13-11-19(28)25-23(27)31)14-33-37(38,36-17-9-7-6-8-10-17)26-16(4)21(30)34-15(2)3/h6-11,13,15-16,18,20,22,29,32H,14H2,1-4H3,(H,26,38)(H,25,28,31)/t16?,18-,20-,22?,24-,37?/m1/s1. The van der Waals surface area contributed by atoms with Gasteiger partial charge in [0.15, 0.2) is 11.8 Å². The zero-order valence-corrected chi connectivity index (χ0v) is 22.9. The Morgan fingerprint density at radius 1 is 1.29 bits per heavy atom. The van der Waals surface area contributed by atoms with Gasteiger partial charge in [0.2, 0.25) is 0 Å². The van der Waals surface area contributed by atoms with Crippen molar-refractivity contribution in [3.8, 4) is 17.6 Å². The van der Waals surface area contributed by atoms with E-state index in [1.807, 2.05) is 0 Å². The van der Waals surface area contributed by atoms with Crippen LogP contribution < -0.4 is 20.9 Å². The van der Waals surface area contributed by atoms with E-state index in [-0.39, 0.29) is 6.10 Å². The van der Waals surface area contributed by atoms with Gasteiger partial charge >= 0.3 is 18.3 Å². The molecule has 0 radical (unpaired) electrons. The number of aliphatic hydroxyl groups is 2. The number of carbonyl (C=O) groups is 1. The number of hydrogen-bond donors (Lipinski definition) is 4. The normalized spacial score (nSPS) is 25.2. The molecule has 0 spiro atoms. The molecule has 1 aromatic carbocycles. The van der Waals surface area contributed by atoms with E-state index in [9.17, 15) is 24.6 Å². The summed E-state index contributed by atoms with van der Waals surface area (Å²) in [6.45, 7) is 2.51. The van der Waals surface area contributed by atoms with Crippen molar-refractivity contribution in [3.63, 3.8) is 0 Å². The first-order chi connectivity index (χ1) is 17.9. The van der Waals surface area contributed by atoms with Gasteiger partial charge in [-0.25, -0.2) is 9.88 Å². The fourth-order valence-corrected chi connectivity index (χ4v) is 6.05. The predicted octanol–water partition coefficient (Wildman–Crippen LogP) is 0.799. The third kappa shape index (κ3) is 6.98. The van der Waals surface area contributed by atoms with Crippen molar-refractivity contribution in [3.05, 3.63) is 63.4 Å². The van der Waals surface area contributed by atoms with E-state index >= 15 is 0 Å². The largest absolute Gasteiger partial charge is 0.462 e. The van der Waals surface area contributed by atoms with Gasteiger partial charge in [-0.2, -0.15) is 0 Å². The molecule has 1 aliphatic rings. The van der Waals surface area contributed by atoms with Crippen LogP contribution >= 0.6 is 6.64 Å². The number of benzene rings is 1. The molecule has 3 rings (SSSR count). The van der Waals surface area contributed by atoms with E-state index in [1.165, 1.54) is 6.92 Å². The number of aromatic nitrogens is 2. The van der Waals surface area contributed by atoms with Crippen LogP contribution in [0.4, 0.5) is 0 Å². The monoisotopic (exact) mass is 567 g/mol. The lowest BCUT2D eigenvalue weighted by Crippen LogP contribution is -2.48. The van der Waals surface area contributed by atoms with Crippen LogP contribution in [0.15, 0.2) is 52.2 Å². The molecule has 14 heteroatoms. The van der Waals surface area contributed by atoms with Crippen LogP contribution in [0.3, 0.4) is 0 Å². The molecular formula is C24H30N3O9PS. The number of para-hydroxylation sites is 1. The van der Waals surface area contributed by atoms with Crippen molar-refractivity contribution in [2.24, 2.45) is 0 Å². The Balaban J connectivity index is 1.86. The van der Waals surface area contributed by atoms with E-state index < -0.39 is 60.5 Å². The summed E-state index contributed by atoms with van der Waals surface area (Å²) < 4.78 is 23.8. The van der Waals surface area contributed by atoms with Crippen molar-refractivity contribution >= 4 is 24.4 Å². The lowest BCUT2D eigenvalue weighted by atomic mass is 9.94. The van der Waals surface area contributed by atoms with Crippen LogP contribution in [0, 0.1) is 11.8 Å². The van der Waals surface area contributed by atoms with Crippen molar-refractivity contribution in [1.82, 2.24) is 14.6 Å². The lowest BCUT2D eigenvalue weighted by molar-refractivity contribution is -0.149. The predicted molar refractivity (Wildman–Crippen MR) is 141 cm³/mol. The molecule has 1 saturated heterocycles. The van der Waals surface area contributed by atoms with E-state index in [1.54, 1.807) is 51.1 Å². The van der Waals surface area contributed by atoms with Gasteiger partial charge < -0.3 is 28.7 Å². The summed E-state index contributed by atoms with van der Waals surface area (Å²) in [7, 11) is 0. The molecule has 0 aliphatic carbocycles. The molecule has 2 aromatic rings. The highest BCUT2D eigenvalue weighted by Gasteiger charge is 2.56. The first-order valence-corrected chi connectivity index (χ1v) is 14.3. The molecule has 206 valence electrons. The van der Waals surface area contributed by atoms with Gasteiger partial charge in [-0.05, 0) is 51.6 Å². The SMILES string of the molecule is CC#C[C@]1(O)C(n2ccc(=O)[nH]c2=O)O[C@H](COP(=S)(NC(C)C(=O)OC(C)C)Oc2ccccc2)[C@H]1O. The summed E-state index contributed by atoms with van der Waals surface area (Å²) in [5.41, 5.74) is -3.75. The maximum absolute atomic E-state index is 12.4. The summed E-state index contributed by atoms with van der Waals surface area (Å²) in [6.07, 6.45) is -3.60. The van der Waals surface area contributed by atoms with Crippen molar-refractivity contribution < 1.29 is 33.5 Å². The third-order valence-corrected chi connectivity index (χ3v) is 7.85. The van der Waals surface area contributed by atoms with Gasteiger partial charge in [0.1, 0.15) is 24.0 Å². The minimum absolute atomic E-state index is 0.354. The van der Waals surface area contributed by atoms with E-state index in [2.05, 4.69) is 21.9 Å². The molecule has 4 N–H and O–H groups in total. The van der Waals surface area contributed by atoms with Crippen molar-refractivity contribution in [2.75, 3.05) is 6.61 Å². The maximum atomic E-state index is 12.4. The number of aromatic amines is 1. The second-order valence-corrected chi connectivity index (χ2v) is 11.9. The van der Waals surface area contributed by atoms with Gasteiger partial charge in [-0.1, -0.05) is 24.1 Å². The first-order valence-electron chi connectivity index (χ1n) is 11.7. The molecule has 3 unspecified atom stereocenters. The lowest BCUT2D eigenvalue weighted by Gasteiger charge is -2.28. The summed E-state index contributed by atoms with van der Waals surface area (Å²) in [6, 6.07) is 8.70. The summed E-state index contributed by atoms with van der Waals surface area (Å²) in [5.74, 6) is 4.81. The van der Waals surface area contributed by atoms with Gasteiger partial charge in [0.05, 0.1) is 12.7 Å². The number of nitrogens with one attached hydrogen (secondary N) is 2. The van der Waals surface area contributed by atoms with Crippen LogP contribution in [0.5, 0.6) is 5.75 Å². The maximum Gasteiger partial charge on any atom is 0.330 e. The Morgan fingerprint density at radius 2 is 1.97 bits per heavy atom. The minimum atomic E-state index is -3.48. The van der Waals surface area contributed by atoms with E-state index in [4.69, 9.17) is 30.3 Å². The Labute approximate surface area is 224 Å². The van der Waals surface area contributed by atoms with Gasteiger partial charge in [0, 0.05) is 12.3 Å². The third-order valence-electron chi connectivity index (χ3n) is 5.35. The second-order valence-electron chi connectivity index (χ2n) is 8.72. The number of aliphatic hydroxyl groups excluding tert-OH is 1. The summed E-state index contributed by atoms with van der Waals surface area (Å²) in [4.78, 5) is 38.4. The van der Waals surface area contributed by atoms with Crippen molar-refractivity contribution in [2.45, 2.75) is 63.9 Å². The molecule has 38 heavy (non-hydrogen) atoms. The van der Waals surface area contributed by atoms with Gasteiger partial charge in [0.25, 0.3) is 5.56 Å². The zero-order valence-electron chi connectivity index (χ0n) is 21.2. The molecule has 1 aromatic heterocycles. The molecular weight excluding hydrogens is 537 g/mol. The average Bonchev–Trinajstić information content (AvgIpc) is 3.08. The van der Waals surface area contributed by atoms with Crippen LogP contribution in [-0.2, 0) is 30.6 Å². The number of H-pyrrole nitrogens is 1. The number of nitrogens with zero attached hydrogens (tertiary/aromatic N) is 1. The first kappa shape index (κ1) is 29.7. The Morgan fingerprint density at radius 3 is 2.58 bits per heavy atom. The summed E-state index contributed by atoms with van der Waals surface area (Å²) >= 11 is 5.66. The molecule has 12 nitrogen and oxygen atoms in total. The molecule has 2 heterocycles. The van der Waals surface area contributed by atoms with Crippen LogP contribution in [0.2, 0.25) is 0 Å². The highest BCUT2D eigenvalue weighted by atomic mass is 32.5. The fraction of sp³-hybridized carbons (Fsp3) is 0.458. The molecule has 6 atom stereocenters. The molecule has 0 amide bonds. The average molecular weight is 568 g/mol. The smallest absolute Gasteiger partial charge is 0.330 e. The quantitative estimate of drug-likeness (QED) is 0.183.